The maximum absolute atomic E-state index is 4.12. The van der Waals surface area contributed by atoms with Gasteiger partial charge in [0.2, 0.25) is 0 Å². The van der Waals surface area contributed by atoms with E-state index in [1.807, 2.05) is 32.0 Å². The van der Waals surface area contributed by atoms with Gasteiger partial charge in [-0.1, -0.05) is 80.6 Å². The average molecular weight is 224 g/mol. The molecule has 0 aromatic heterocycles. The van der Waals surface area contributed by atoms with Crippen LogP contribution in [-0.2, 0) is 0 Å². The summed E-state index contributed by atoms with van der Waals surface area (Å²) in [5, 5.41) is 0. The number of hydrogen-bond acceptors (Lipinski definition) is 0. The first-order valence-corrected chi connectivity index (χ1v) is 6.09. The molecule has 0 aliphatic carbocycles. The van der Waals surface area contributed by atoms with Crippen molar-refractivity contribution in [1.29, 1.82) is 0 Å². The molecule has 17 heavy (non-hydrogen) atoms. The zero-order valence-electron chi connectivity index (χ0n) is 10.9. The third kappa shape index (κ3) is 3.60. The summed E-state index contributed by atoms with van der Waals surface area (Å²) in [7, 11) is 0. The van der Waals surface area contributed by atoms with Crippen molar-refractivity contribution in [3.05, 3.63) is 77.9 Å². The normalized spacial score (nSPS) is 9.12. The van der Waals surface area contributed by atoms with E-state index in [1.165, 1.54) is 16.7 Å². The zero-order chi connectivity index (χ0) is 12.7. The Morgan fingerprint density at radius 1 is 0.765 bits per heavy atom. The fourth-order valence-corrected chi connectivity index (χ4v) is 1.56. The molecular formula is C17H20. The van der Waals surface area contributed by atoms with Crippen molar-refractivity contribution >= 4 is 5.57 Å². The Labute approximate surface area is 105 Å². The molecule has 88 valence electrons. The summed E-state index contributed by atoms with van der Waals surface area (Å²) < 4.78 is 0. The van der Waals surface area contributed by atoms with Crippen LogP contribution in [0.5, 0.6) is 0 Å². The van der Waals surface area contributed by atoms with Gasteiger partial charge in [0.1, 0.15) is 0 Å². The number of rotatable bonds is 2. The Morgan fingerprint density at radius 2 is 1.24 bits per heavy atom. The van der Waals surface area contributed by atoms with Crippen molar-refractivity contribution in [2.45, 2.75) is 20.8 Å². The van der Waals surface area contributed by atoms with Gasteiger partial charge in [0.05, 0.1) is 0 Å². The predicted molar refractivity (Wildman–Crippen MR) is 77.1 cm³/mol. The van der Waals surface area contributed by atoms with Crippen LogP contribution in [0.2, 0.25) is 0 Å². The Hall–Kier alpha value is -1.82. The standard InChI is InChI=1S/C15H14.C2H6/c1-12-8-10-15(11-9-12)13(2)14-6-4-3-5-7-14;1-2/h3-11H,2H2,1H3;1-2H3. The van der Waals surface area contributed by atoms with Crippen molar-refractivity contribution in [3.8, 4) is 0 Å². The molecule has 0 atom stereocenters. The van der Waals surface area contributed by atoms with Gasteiger partial charge in [-0.25, -0.2) is 0 Å². The first kappa shape index (κ1) is 13.2. The average Bonchev–Trinajstić information content (AvgIpc) is 2.42. The second-order valence-electron chi connectivity index (χ2n) is 3.71. The summed E-state index contributed by atoms with van der Waals surface area (Å²) in [5.74, 6) is 0. The van der Waals surface area contributed by atoms with E-state index in [0.29, 0.717) is 0 Å². The van der Waals surface area contributed by atoms with E-state index >= 15 is 0 Å². The third-order valence-electron chi connectivity index (χ3n) is 2.52. The van der Waals surface area contributed by atoms with Crippen LogP contribution in [0, 0.1) is 6.92 Å². The lowest BCUT2D eigenvalue weighted by atomic mass is 9.99. The van der Waals surface area contributed by atoms with Crippen LogP contribution in [0.3, 0.4) is 0 Å². The Balaban J connectivity index is 0.000000686. The number of benzene rings is 2. The topological polar surface area (TPSA) is 0 Å². The van der Waals surface area contributed by atoms with Gasteiger partial charge in [-0.2, -0.15) is 0 Å². The molecule has 2 aromatic rings. The molecule has 0 heterocycles. The Kier molecular flexibility index (Phi) is 5.22. The van der Waals surface area contributed by atoms with Crippen molar-refractivity contribution in [2.24, 2.45) is 0 Å². The van der Waals surface area contributed by atoms with Crippen LogP contribution >= 0.6 is 0 Å². The monoisotopic (exact) mass is 224 g/mol. The van der Waals surface area contributed by atoms with Crippen LogP contribution in [0.15, 0.2) is 61.2 Å². The van der Waals surface area contributed by atoms with Gasteiger partial charge >= 0.3 is 0 Å². The lowest BCUT2D eigenvalue weighted by Gasteiger charge is -2.06. The molecule has 0 spiro atoms. The van der Waals surface area contributed by atoms with Crippen LogP contribution in [0.4, 0.5) is 0 Å². The largest absolute Gasteiger partial charge is 0.0906 e. The lowest BCUT2D eigenvalue weighted by molar-refractivity contribution is 1.45. The summed E-state index contributed by atoms with van der Waals surface area (Å²) in [6.45, 7) is 10.2. The van der Waals surface area contributed by atoms with Crippen LogP contribution < -0.4 is 0 Å². The molecule has 2 aromatic carbocycles. The summed E-state index contributed by atoms with van der Waals surface area (Å²) in [6, 6.07) is 18.7. The van der Waals surface area contributed by atoms with Gasteiger partial charge in [-0.05, 0) is 23.6 Å². The first-order valence-electron chi connectivity index (χ1n) is 6.09. The fraction of sp³-hybridized carbons (Fsp3) is 0.176. The van der Waals surface area contributed by atoms with Gasteiger partial charge in [0, 0.05) is 0 Å². The quantitative estimate of drug-likeness (QED) is 0.667. The second kappa shape index (κ2) is 6.70. The van der Waals surface area contributed by atoms with Crippen molar-refractivity contribution < 1.29 is 0 Å². The number of aryl methyl sites for hydroxylation is 1. The SMILES string of the molecule is C=C(c1ccccc1)c1ccc(C)cc1.CC. The van der Waals surface area contributed by atoms with Crippen LogP contribution in [-0.4, -0.2) is 0 Å². The van der Waals surface area contributed by atoms with Crippen molar-refractivity contribution in [2.75, 3.05) is 0 Å². The Morgan fingerprint density at radius 3 is 1.76 bits per heavy atom. The molecule has 0 heteroatoms. The molecule has 0 unspecified atom stereocenters. The highest BCUT2D eigenvalue weighted by molar-refractivity contribution is 5.77. The minimum Gasteiger partial charge on any atom is -0.0906 e. The van der Waals surface area contributed by atoms with Crippen LogP contribution in [0.25, 0.3) is 5.57 Å². The second-order valence-corrected chi connectivity index (χ2v) is 3.71. The summed E-state index contributed by atoms with van der Waals surface area (Å²) >= 11 is 0. The molecule has 0 radical (unpaired) electrons. The molecule has 0 aliphatic rings. The minimum atomic E-state index is 1.08. The lowest BCUT2D eigenvalue weighted by Crippen LogP contribution is -1.85. The minimum absolute atomic E-state index is 1.08. The molecule has 2 rings (SSSR count). The van der Waals surface area contributed by atoms with E-state index in [0.717, 1.165) is 5.57 Å². The molecule has 0 aliphatic heterocycles. The summed E-state index contributed by atoms with van der Waals surface area (Å²) in [4.78, 5) is 0. The van der Waals surface area contributed by atoms with E-state index in [9.17, 15) is 0 Å². The molecule has 0 bridgehead atoms. The molecular weight excluding hydrogens is 204 g/mol. The molecule has 0 amide bonds. The van der Waals surface area contributed by atoms with Gasteiger partial charge < -0.3 is 0 Å². The maximum Gasteiger partial charge on any atom is -0.0183 e. The Bertz CT molecular complexity index is 449. The number of hydrogen-bond donors (Lipinski definition) is 0. The smallest absolute Gasteiger partial charge is 0.0183 e. The highest BCUT2D eigenvalue weighted by Crippen LogP contribution is 2.21. The van der Waals surface area contributed by atoms with E-state index in [4.69, 9.17) is 0 Å². The highest BCUT2D eigenvalue weighted by atomic mass is 14.0. The van der Waals surface area contributed by atoms with E-state index in [2.05, 4.69) is 49.9 Å². The van der Waals surface area contributed by atoms with Gasteiger partial charge in [0.25, 0.3) is 0 Å². The molecule has 0 N–H and O–H groups in total. The van der Waals surface area contributed by atoms with Gasteiger partial charge in [0.15, 0.2) is 0 Å². The summed E-state index contributed by atoms with van der Waals surface area (Å²) in [6.07, 6.45) is 0. The fourth-order valence-electron chi connectivity index (χ4n) is 1.56. The molecule has 0 saturated heterocycles. The maximum atomic E-state index is 4.12. The third-order valence-corrected chi connectivity index (χ3v) is 2.52. The highest BCUT2D eigenvalue weighted by Gasteiger charge is 2.00. The van der Waals surface area contributed by atoms with E-state index in [-0.39, 0.29) is 0 Å². The molecule has 0 saturated carbocycles. The van der Waals surface area contributed by atoms with Crippen LogP contribution in [0.1, 0.15) is 30.5 Å². The molecule has 0 fully saturated rings. The predicted octanol–water partition coefficient (Wildman–Crippen LogP) is 5.08. The van der Waals surface area contributed by atoms with Crippen molar-refractivity contribution in [1.82, 2.24) is 0 Å². The van der Waals surface area contributed by atoms with Gasteiger partial charge in [-0.3, -0.25) is 0 Å². The van der Waals surface area contributed by atoms with Gasteiger partial charge in [-0.15, -0.1) is 0 Å². The molecule has 0 nitrogen and oxygen atoms in total. The van der Waals surface area contributed by atoms with E-state index < -0.39 is 0 Å². The summed E-state index contributed by atoms with van der Waals surface area (Å²) in [5.41, 5.74) is 4.73. The van der Waals surface area contributed by atoms with E-state index in [1.54, 1.807) is 0 Å². The van der Waals surface area contributed by atoms with Crippen molar-refractivity contribution in [3.63, 3.8) is 0 Å². The first-order chi connectivity index (χ1) is 8.27. The zero-order valence-corrected chi connectivity index (χ0v) is 10.9.